The number of halogens is 1. The molecular weight excluding hydrogens is 270 g/mol. The van der Waals surface area contributed by atoms with Gasteiger partial charge < -0.3 is 10.2 Å². The van der Waals surface area contributed by atoms with Crippen LogP contribution in [0, 0.1) is 6.92 Å². The van der Waals surface area contributed by atoms with Gasteiger partial charge in [0.05, 0.1) is 6.04 Å². The van der Waals surface area contributed by atoms with Gasteiger partial charge in [0.2, 0.25) is 0 Å². The van der Waals surface area contributed by atoms with E-state index in [1.807, 2.05) is 55.5 Å². The molecule has 2 N–H and O–H groups in total. The molecule has 102 valence electrons. The topological polar surface area (TPSA) is 39.2 Å². The zero-order valence-corrected chi connectivity index (χ0v) is 12.0. The quantitative estimate of drug-likeness (QED) is 0.761. The number of hydrogen-bond acceptors (Lipinski definition) is 2. The molecule has 20 heavy (non-hydrogen) atoms. The Labute approximate surface area is 123 Å². The maximum absolute atomic E-state index is 6.25. The van der Waals surface area contributed by atoms with Gasteiger partial charge in [-0.1, -0.05) is 41.9 Å². The summed E-state index contributed by atoms with van der Waals surface area (Å²) < 4.78 is 5.91. The van der Waals surface area contributed by atoms with Crippen LogP contribution in [0.2, 0.25) is 5.02 Å². The Hall–Kier alpha value is -1.77. The summed E-state index contributed by atoms with van der Waals surface area (Å²) in [5.41, 5.74) is 9.42. The summed E-state index contributed by atoms with van der Waals surface area (Å²) >= 11 is 6.00. The number of furan rings is 1. The van der Waals surface area contributed by atoms with Gasteiger partial charge in [-0.15, -0.1) is 0 Å². The standard InChI is InChI=1S/C17H16ClNO/c1-11-4-2-6-13-10-16(20-17(11)13)15(19)9-12-5-3-7-14(18)8-12/h2-8,10,15H,9,19H2,1H3. The van der Waals surface area contributed by atoms with Crippen LogP contribution in [0.3, 0.4) is 0 Å². The van der Waals surface area contributed by atoms with Gasteiger partial charge in [-0.25, -0.2) is 0 Å². The second kappa shape index (κ2) is 5.31. The first kappa shape index (κ1) is 13.2. The summed E-state index contributed by atoms with van der Waals surface area (Å²) in [6.07, 6.45) is 0.708. The Morgan fingerprint density at radius 1 is 1.15 bits per heavy atom. The maximum Gasteiger partial charge on any atom is 0.137 e. The maximum atomic E-state index is 6.25. The number of fused-ring (bicyclic) bond motifs is 1. The molecule has 3 aromatic rings. The van der Waals surface area contributed by atoms with Crippen molar-refractivity contribution in [3.8, 4) is 0 Å². The van der Waals surface area contributed by atoms with E-state index in [4.69, 9.17) is 21.8 Å². The molecule has 0 saturated carbocycles. The Morgan fingerprint density at radius 3 is 2.70 bits per heavy atom. The van der Waals surface area contributed by atoms with Gasteiger partial charge in [-0.05, 0) is 42.7 Å². The summed E-state index contributed by atoms with van der Waals surface area (Å²) in [7, 11) is 0. The minimum absolute atomic E-state index is 0.166. The fourth-order valence-electron chi connectivity index (χ4n) is 2.43. The van der Waals surface area contributed by atoms with Crippen molar-refractivity contribution in [2.75, 3.05) is 0 Å². The van der Waals surface area contributed by atoms with Crippen molar-refractivity contribution in [3.05, 3.63) is 70.4 Å². The minimum atomic E-state index is -0.166. The average molecular weight is 286 g/mol. The van der Waals surface area contributed by atoms with Crippen molar-refractivity contribution in [2.24, 2.45) is 5.73 Å². The Kier molecular flexibility index (Phi) is 3.51. The molecule has 1 aromatic heterocycles. The van der Waals surface area contributed by atoms with Crippen molar-refractivity contribution < 1.29 is 4.42 Å². The summed E-state index contributed by atoms with van der Waals surface area (Å²) in [5.74, 6) is 0.814. The lowest BCUT2D eigenvalue weighted by Crippen LogP contribution is -2.12. The number of nitrogens with two attached hydrogens (primary N) is 1. The number of aryl methyl sites for hydroxylation is 1. The molecule has 3 rings (SSSR count). The van der Waals surface area contributed by atoms with Crippen molar-refractivity contribution in [1.29, 1.82) is 0 Å². The second-order valence-corrected chi connectivity index (χ2v) is 5.52. The summed E-state index contributed by atoms with van der Waals surface area (Å²) in [5, 5.41) is 1.83. The van der Waals surface area contributed by atoms with Crippen molar-refractivity contribution >= 4 is 22.6 Å². The number of rotatable bonds is 3. The van der Waals surface area contributed by atoms with E-state index in [9.17, 15) is 0 Å². The third-order valence-corrected chi connectivity index (χ3v) is 3.71. The third kappa shape index (κ3) is 2.58. The minimum Gasteiger partial charge on any atom is -0.459 e. The fourth-order valence-corrected chi connectivity index (χ4v) is 2.64. The molecular formula is C17H16ClNO. The van der Waals surface area contributed by atoms with Crippen LogP contribution in [-0.2, 0) is 6.42 Å². The number of benzene rings is 2. The van der Waals surface area contributed by atoms with E-state index >= 15 is 0 Å². The van der Waals surface area contributed by atoms with E-state index in [1.54, 1.807) is 0 Å². The van der Waals surface area contributed by atoms with E-state index in [2.05, 4.69) is 0 Å². The molecule has 0 aliphatic carbocycles. The lowest BCUT2D eigenvalue weighted by atomic mass is 10.0. The molecule has 0 bridgehead atoms. The first-order chi connectivity index (χ1) is 9.63. The predicted octanol–water partition coefficient (Wildman–Crippen LogP) is 4.64. The summed E-state index contributed by atoms with van der Waals surface area (Å²) in [6.45, 7) is 2.04. The van der Waals surface area contributed by atoms with Gasteiger partial charge >= 0.3 is 0 Å². The van der Waals surface area contributed by atoms with Crippen molar-refractivity contribution in [2.45, 2.75) is 19.4 Å². The molecule has 1 atom stereocenters. The van der Waals surface area contributed by atoms with E-state index < -0.39 is 0 Å². The Balaban J connectivity index is 1.89. The van der Waals surface area contributed by atoms with Gasteiger partial charge in [0.15, 0.2) is 0 Å². The van der Waals surface area contributed by atoms with Crippen molar-refractivity contribution in [1.82, 2.24) is 0 Å². The van der Waals surface area contributed by atoms with Gasteiger partial charge in [-0.3, -0.25) is 0 Å². The normalized spacial score (nSPS) is 12.8. The van der Waals surface area contributed by atoms with E-state index in [1.165, 1.54) is 0 Å². The van der Waals surface area contributed by atoms with Crippen LogP contribution in [0.1, 0.15) is 22.9 Å². The van der Waals surface area contributed by atoms with Gasteiger partial charge in [0.25, 0.3) is 0 Å². The predicted molar refractivity (Wildman–Crippen MR) is 83.0 cm³/mol. The van der Waals surface area contributed by atoms with Gasteiger partial charge in [-0.2, -0.15) is 0 Å². The molecule has 1 unspecified atom stereocenters. The molecule has 0 fully saturated rings. The summed E-state index contributed by atoms with van der Waals surface area (Å²) in [6, 6.07) is 15.7. The van der Waals surface area contributed by atoms with Gasteiger partial charge in [0, 0.05) is 10.4 Å². The number of hydrogen-bond donors (Lipinski definition) is 1. The average Bonchev–Trinajstić information content (AvgIpc) is 2.84. The molecule has 0 saturated heterocycles. The highest BCUT2D eigenvalue weighted by atomic mass is 35.5. The lowest BCUT2D eigenvalue weighted by molar-refractivity contribution is 0.493. The first-order valence-electron chi connectivity index (χ1n) is 6.62. The Bertz CT molecular complexity index is 748. The molecule has 0 radical (unpaired) electrons. The molecule has 0 amide bonds. The molecule has 0 aliphatic rings. The van der Waals surface area contributed by atoms with Gasteiger partial charge in [0.1, 0.15) is 11.3 Å². The molecule has 0 aliphatic heterocycles. The third-order valence-electron chi connectivity index (χ3n) is 3.47. The zero-order chi connectivity index (χ0) is 14.1. The van der Waals surface area contributed by atoms with E-state index in [0.717, 1.165) is 32.9 Å². The smallest absolute Gasteiger partial charge is 0.137 e. The van der Waals surface area contributed by atoms with Crippen LogP contribution < -0.4 is 5.73 Å². The highest BCUT2D eigenvalue weighted by Gasteiger charge is 2.13. The largest absolute Gasteiger partial charge is 0.459 e. The molecule has 3 heteroatoms. The molecule has 0 spiro atoms. The zero-order valence-electron chi connectivity index (χ0n) is 11.3. The van der Waals surface area contributed by atoms with Crippen LogP contribution in [0.4, 0.5) is 0 Å². The summed E-state index contributed by atoms with van der Waals surface area (Å²) in [4.78, 5) is 0. The molecule has 2 nitrogen and oxygen atoms in total. The SMILES string of the molecule is Cc1cccc2cc(C(N)Cc3cccc(Cl)c3)oc12. The monoisotopic (exact) mass is 285 g/mol. The van der Waals surface area contributed by atoms with E-state index in [-0.39, 0.29) is 6.04 Å². The van der Waals surface area contributed by atoms with Crippen LogP contribution in [0.25, 0.3) is 11.0 Å². The second-order valence-electron chi connectivity index (χ2n) is 5.08. The molecule has 2 aromatic carbocycles. The van der Waals surface area contributed by atoms with Crippen LogP contribution >= 0.6 is 11.6 Å². The Morgan fingerprint density at radius 2 is 1.95 bits per heavy atom. The fraction of sp³-hybridized carbons (Fsp3) is 0.176. The lowest BCUT2D eigenvalue weighted by Gasteiger charge is -2.08. The van der Waals surface area contributed by atoms with Crippen LogP contribution in [-0.4, -0.2) is 0 Å². The number of para-hydroxylation sites is 1. The van der Waals surface area contributed by atoms with Crippen LogP contribution in [0.15, 0.2) is 52.9 Å². The molecule has 1 heterocycles. The first-order valence-corrected chi connectivity index (χ1v) is 7.00. The van der Waals surface area contributed by atoms with Crippen molar-refractivity contribution in [3.63, 3.8) is 0 Å². The van der Waals surface area contributed by atoms with Crippen LogP contribution in [0.5, 0.6) is 0 Å². The highest BCUT2D eigenvalue weighted by Crippen LogP contribution is 2.27. The van der Waals surface area contributed by atoms with E-state index in [0.29, 0.717) is 6.42 Å². The highest BCUT2D eigenvalue weighted by molar-refractivity contribution is 6.30.